The molecular weight excluding hydrogens is 496 g/mol. The third kappa shape index (κ3) is 4.55. The molecule has 0 saturated heterocycles. The third-order valence-electron chi connectivity index (χ3n) is 5.00. The number of benzene rings is 3. The van der Waals surface area contributed by atoms with E-state index in [2.05, 4.69) is 49.3 Å². The highest BCUT2D eigenvalue weighted by atomic mass is 79.9. The van der Waals surface area contributed by atoms with E-state index in [1.807, 2.05) is 48.5 Å². The molecule has 29 heavy (non-hydrogen) atoms. The Morgan fingerprint density at radius 1 is 1.00 bits per heavy atom. The van der Waals surface area contributed by atoms with Crippen LogP contribution in [-0.4, -0.2) is 17.9 Å². The van der Waals surface area contributed by atoms with Crippen molar-refractivity contribution in [1.29, 1.82) is 0 Å². The van der Waals surface area contributed by atoms with Gasteiger partial charge in [-0.2, -0.15) is 0 Å². The average molecular weight is 516 g/mol. The van der Waals surface area contributed by atoms with Crippen LogP contribution in [0.15, 0.2) is 80.7 Å². The fourth-order valence-corrected chi connectivity index (χ4v) is 4.15. The van der Waals surface area contributed by atoms with Crippen molar-refractivity contribution in [2.45, 2.75) is 18.6 Å². The minimum atomic E-state index is -0.221. The van der Waals surface area contributed by atoms with Crippen LogP contribution in [0.25, 0.3) is 0 Å². The highest BCUT2D eigenvalue weighted by Gasteiger charge is 2.28. The second-order valence-corrected chi connectivity index (χ2v) is 8.72. The lowest BCUT2D eigenvalue weighted by molar-refractivity contribution is 0.410. The summed E-state index contributed by atoms with van der Waals surface area (Å²) < 4.78 is 7.35. The Hall–Kier alpha value is -2.15. The maximum absolute atomic E-state index is 10.5. The van der Waals surface area contributed by atoms with Crippen LogP contribution in [0.4, 0.5) is 0 Å². The number of ether oxygens (including phenoxy) is 1. The number of rotatable bonds is 4. The maximum Gasteiger partial charge on any atom is 0.126 e. The van der Waals surface area contributed by atoms with Gasteiger partial charge in [-0.15, -0.1) is 0 Å². The molecule has 148 valence electrons. The molecule has 0 fully saturated rings. The quantitative estimate of drug-likeness (QED) is 0.438. The number of aliphatic imine (C=N–C) groups is 1. The summed E-state index contributed by atoms with van der Waals surface area (Å²) in [4.78, 5) is 5.00. The number of nitrogens with one attached hydrogen (secondary N) is 1. The minimum Gasteiger partial charge on any atom is -0.508 e. The Labute approximate surface area is 186 Å². The smallest absolute Gasteiger partial charge is 0.126 e. The van der Waals surface area contributed by atoms with Crippen LogP contribution < -0.4 is 10.1 Å². The first-order valence-corrected chi connectivity index (χ1v) is 10.8. The van der Waals surface area contributed by atoms with Gasteiger partial charge in [0.05, 0.1) is 7.11 Å². The van der Waals surface area contributed by atoms with Crippen molar-refractivity contribution < 1.29 is 9.84 Å². The second kappa shape index (κ2) is 8.69. The molecule has 4 nitrogen and oxygen atoms in total. The molecule has 3 aromatic rings. The maximum atomic E-state index is 10.5. The molecule has 0 amide bonds. The largest absolute Gasteiger partial charge is 0.508 e. The van der Waals surface area contributed by atoms with E-state index in [0.29, 0.717) is 6.42 Å². The minimum absolute atomic E-state index is 0.0835. The van der Waals surface area contributed by atoms with E-state index in [9.17, 15) is 5.11 Å². The van der Waals surface area contributed by atoms with Gasteiger partial charge in [-0.3, -0.25) is 10.3 Å². The van der Waals surface area contributed by atoms with Gasteiger partial charge in [-0.05, 0) is 53.6 Å². The fraction of sp³-hybridized carbons (Fsp3) is 0.174. The van der Waals surface area contributed by atoms with Gasteiger partial charge in [0.25, 0.3) is 0 Å². The topological polar surface area (TPSA) is 53.8 Å². The van der Waals surface area contributed by atoms with Crippen LogP contribution in [0.3, 0.4) is 0 Å². The number of hydrogen-bond acceptors (Lipinski definition) is 4. The third-order valence-corrected chi connectivity index (χ3v) is 6.02. The summed E-state index contributed by atoms with van der Waals surface area (Å²) in [7, 11) is 1.66. The SMILES string of the molecule is COc1cccc(C2=N[C@H](c3ccc(Br)cc3)N[C@@H](c3cc(Br)ccc3O)C2)c1. The Morgan fingerprint density at radius 2 is 1.76 bits per heavy atom. The predicted octanol–water partition coefficient (Wildman–Crippen LogP) is 6.15. The van der Waals surface area contributed by atoms with Crippen molar-refractivity contribution in [2.75, 3.05) is 7.11 Å². The molecule has 1 aliphatic rings. The van der Waals surface area contributed by atoms with Crippen molar-refractivity contribution in [2.24, 2.45) is 4.99 Å². The predicted molar refractivity (Wildman–Crippen MR) is 123 cm³/mol. The van der Waals surface area contributed by atoms with Crippen molar-refractivity contribution in [3.63, 3.8) is 0 Å². The number of phenolic OH excluding ortho intramolecular Hbond substituents is 1. The van der Waals surface area contributed by atoms with E-state index >= 15 is 0 Å². The Morgan fingerprint density at radius 3 is 2.52 bits per heavy atom. The van der Waals surface area contributed by atoms with Crippen molar-refractivity contribution >= 4 is 37.6 Å². The zero-order valence-electron chi connectivity index (χ0n) is 15.8. The van der Waals surface area contributed by atoms with E-state index in [-0.39, 0.29) is 18.0 Å². The number of nitrogens with zero attached hydrogens (tertiary/aromatic N) is 1. The molecule has 0 aliphatic carbocycles. The first kappa shape index (κ1) is 20.1. The van der Waals surface area contributed by atoms with E-state index < -0.39 is 0 Å². The van der Waals surface area contributed by atoms with Crippen LogP contribution in [0.5, 0.6) is 11.5 Å². The summed E-state index contributed by atoms with van der Waals surface area (Å²) >= 11 is 7.01. The number of hydrogen-bond donors (Lipinski definition) is 2. The van der Waals surface area contributed by atoms with Gasteiger partial charge >= 0.3 is 0 Å². The molecule has 1 heterocycles. The first-order chi connectivity index (χ1) is 14.0. The van der Waals surface area contributed by atoms with E-state index in [4.69, 9.17) is 9.73 Å². The van der Waals surface area contributed by atoms with Crippen LogP contribution >= 0.6 is 31.9 Å². The van der Waals surface area contributed by atoms with Gasteiger partial charge in [0.1, 0.15) is 17.7 Å². The highest BCUT2D eigenvalue weighted by molar-refractivity contribution is 9.10. The molecule has 6 heteroatoms. The lowest BCUT2D eigenvalue weighted by Gasteiger charge is -2.31. The second-order valence-electron chi connectivity index (χ2n) is 6.89. The molecule has 4 rings (SSSR count). The summed E-state index contributed by atoms with van der Waals surface area (Å²) in [5.74, 6) is 1.07. The first-order valence-electron chi connectivity index (χ1n) is 9.24. The fourth-order valence-electron chi connectivity index (χ4n) is 3.50. The van der Waals surface area contributed by atoms with Crippen molar-refractivity contribution in [3.8, 4) is 11.5 Å². The van der Waals surface area contributed by atoms with E-state index in [1.54, 1.807) is 13.2 Å². The lowest BCUT2D eigenvalue weighted by atomic mass is 9.93. The van der Waals surface area contributed by atoms with Crippen molar-refractivity contribution in [3.05, 3.63) is 92.4 Å². The molecule has 0 saturated carbocycles. The zero-order valence-corrected chi connectivity index (χ0v) is 18.9. The van der Waals surface area contributed by atoms with Gasteiger partial charge in [0.15, 0.2) is 0 Å². The van der Waals surface area contributed by atoms with Gasteiger partial charge in [-0.1, -0.05) is 56.1 Å². The number of methoxy groups -OCH3 is 1. The highest BCUT2D eigenvalue weighted by Crippen LogP contribution is 2.36. The molecule has 2 N–H and O–H groups in total. The molecule has 0 bridgehead atoms. The molecule has 0 spiro atoms. The van der Waals surface area contributed by atoms with Crippen LogP contribution in [0, 0.1) is 0 Å². The summed E-state index contributed by atoms with van der Waals surface area (Å²) in [5.41, 5.74) is 3.90. The van der Waals surface area contributed by atoms with E-state index in [0.717, 1.165) is 37.1 Å². The molecular formula is C23H20Br2N2O2. The Bertz CT molecular complexity index is 1050. The molecule has 0 aromatic heterocycles. The van der Waals surface area contributed by atoms with Crippen molar-refractivity contribution in [1.82, 2.24) is 5.32 Å². The van der Waals surface area contributed by atoms with Gasteiger partial charge < -0.3 is 9.84 Å². The monoisotopic (exact) mass is 514 g/mol. The summed E-state index contributed by atoms with van der Waals surface area (Å²) in [6.07, 6.45) is 0.436. The molecule has 0 radical (unpaired) electrons. The Kier molecular flexibility index (Phi) is 6.04. The lowest BCUT2D eigenvalue weighted by Crippen LogP contribution is -2.33. The molecule has 3 aromatic carbocycles. The van der Waals surface area contributed by atoms with Gasteiger partial charge in [0, 0.05) is 32.7 Å². The molecule has 2 atom stereocenters. The standard InChI is InChI=1S/C23H20Br2N2O2/c1-29-18-4-2-3-15(11-18)20-13-21(19-12-17(25)9-10-22(19)28)27-23(26-20)14-5-7-16(24)8-6-14/h2-12,21,23,27-28H,13H2,1H3/t21-,23+/m1/s1. The van der Waals surface area contributed by atoms with Gasteiger partial charge in [0.2, 0.25) is 0 Å². The van der Waals surface area contributed by atoms with Gasteiger partial charge in [-0.25, -0.2) is 0 Å². The average Bonchev–Trinajstić information content (AvgIpc) is 2.75. The van der Waals surface area contributed by atoms with E-state index in [1.165, 1.54) is 0 Å². The van der Waals surface area contributed by atoms with Crippen LogP contribution in [0.2, 0.25) is 0 Å². The Balaban J connectivity index is 1.77. The summed E-state index contributed by atoms with van der Waals surface area (Å²) in [6.45, 7) is 0. The number of phenols is 1. The van der Waals surface area contributed by atoms with Crippen LogP contribution in [0.1, 0.15) is 35.3 Å². The number of aromatic hydroxyl groups is 1. The normalized spacial score (nSPS) is 18.9. The molecule has 1 aliphatic heterocycles. The van der Waals surface area contributed by atoms with Crippen LogP contribution in [-0.2, 0) is 0 Å². The zero-order chi connectivity index (χ0) is 20.4. The number of halogens is 2. The molecule has 0 unspecified atom stereocenters. The summed E-state index contributed by atoms with van der Waals surface area (Å²) in [6, 6.07) is 21.5. The summed E-state index contributed by atoms with van der Waals surface area (Å²) in [5, 5.41) is 14.1.